The number of hydrogen-bond donors (Lipinski definition) is 0. The summed E-state index contributed by atoms with van der Waals surface area (Å²) in [5, 5.41) is 0. The third kappa shape index (κ3) is 6.89. The Bertz CT molecular complexity index is 313. The van der Waals surface area contributed by atoms with Gasteiger partial charge in [0.25, 0.3) is 0 Å². The summed E-state index contributed by atoms with van der Waals surface area (Å²) in [7, 11) is -1.48. The van der Waals surface area contributed by atoms with Gasteiger partial charge in [0.05, 0.1) is 6.42 Å². The zero-order valence-electron chi connectivity index (χ0n) is 15.2. The first-order valence-corrected chi connectivity index (χ1v) is 11.2. The number of esters is 1. The summed E-state index contributed by atoms with van der Waals surface area (Å²) in [5.74, 6) is 0.358. The molecule has 1 atom stereocenters. The van der Waals surface area contributed by atoms with Crippen molar-refractivity contribution in [2.75, 3.05) is 0 Å². The zero-order valence-corrected chi connectivity index (χ0v) is 16.2. The Morgan fingerprint density at radius 2 is 1.55 bits per heavy atom. The molecule has 0 aliphatic carbocycles. The largest absolute Gasteiger partial charge is 0.460 e. The summed E-state index contributed by atoms with van der Waals surface area (Å²) in [4.78, 5) is 12.2. The van der Waals surface area contributed by atoms with Gasteiger partial charge in [-0.3, -0.25) is 4.79 Å². The second kappa shape index (κ2) is 7.08. The lowest BCUT2D eigenvalue weighted by atomic mass is 10.00. The minimum atomic E-state index is -1.48. The van der Waals surface area contributed by atoms with Crippen LogP contribution in [0.15, 0.2) is 0 Å². The maximum absolute atomic E-state index is 12.2. The molecule has 0 N–H and O–H groups in total. The predicted molar refractivity (Wildman–Crippen MR) is 89.4 cm³/mol. The van der Waals surface area contributed by atoms with Gasteiger partial charge in [0.15, 0.2) is 0 Å². The van der Waals surface area contributed by atoms with Crippen molar-refractivity contribution in [3.63, 3.8) is 0 Å². The van der Waals surface area contributed by atoms with Gasteiger partial charge in [-0.2, -0.15) is 0 Å². The second-order valence-electron chi connectivity index (χ2n) is 8.27. The number of hydrogen-bond acceptors (Lipinski definition) is 3. The first-order chi connectivity index (χ1) is 8.75. The monoisotopic (exact) mass is 301 g/mol. The molecule has 0 rings (SSSR count). The molecule has 0 spiro atoms. The molecule has 0 radical (unpaired) electrons. The Kier molecular flexibility index (Phi) is 6.95. The van der Waals surface area contributed by atoms with E-state index in [9.17, 15) is 4.79 Å². The summed E-state index contributed by atoms with van der Waals surface area (Å²) in [6.07, 6.45) is 0.484. The molecule has 20 heavy (non-hydrogen) atoms. The van der Waals surface area contributed by atoms with E-state index in [2.05, 4.69) is 51.9 Å². The fraction of sp³-hybridized carbons (Fsp3) is 0.938. The SMILES string of the molecule is CC(C)[C@@H](CC(=O)OC(C)(C)C)N(C(C)C)[Si](C)(C)C. The molecule has 0 aromatic heterocycles. The Balaban J connectivity index is 5.10. The van der Waals surface area contributed by atoms with Crippen molar-refractivity contribution in [3.8, 4) is 0 Å². The van der Waals surface area contributed by atoms with Crippen molar-refractivity contribution in [2.45, 2.75) is 92.2 Å². The number of carbonyl (C=O) groups excluding carboxylic acids is 1. The van der Waals surface area contributed by atoms with Crippen LogP contribution in [-0.2, 0) is 9.53 Å². The molecule has 0 aliphatic rings. The van der Waals surface area contributed by atoms with Crippen molar-refractivity contribution in [1.29, 1.82) is 0 Å². The molecule has 120 valence electrons. The summed E-state index contributed by atoms with van der Waals surface area (Å²) in [5.41, 5.74) is -0.402. The highest BCUT2D eigenvalue weighted by molar-refractivity contribution is 6.73. The topological polar surface area (TPSA) is 29.5 Å². The van der Waals surface area contributed by atoms with E-state index in [0.29, 0.717) is 18.4 Å². The van der Waals surface area contributed by atoms with Gasteiger partial charge < -0.3 is 9.30 Å². The van der Waals surface area contributed by atoms with E-state index in [1.807, 2.05) is 20.8 Å². The fourth-order valence-corrected chi connectivity index (χ4v) is 5.80. The maximum atomic E-state index is 12.2. The highest BCUT2D eigenvalue weighted by atomic mass is 28.3. The quantitative estimate of drug-likeness (QED) is 0.541. The van der Waals surface area contributed by atoms with Crippen LogP contribution in [0.1, 0.15) is 54.9 Å². The van der Waals surface area contributed by atoms with Crippen LogP contribution in [-0.4, -0.2) is 36.5 Å². The molecule has 0 unspecified atom stereocenters. The lowest BCUT2D eigenvalue weighted by molar-refractivity contribution is -0.156. The van der Waals surface area contributed by atoms with Crippen LogP contribution in [0.25, 0.3) is 0 Å². The Labute approximate surface area is 127 Å². The first kappa shape index (κ1) is 19.6. The van der Waals surface area contributed by atoms with Gasteiger partial charge in [0.2, 0.25) is 0 Å². The van der Waals surface area contributed by atoms with Crippen LogP contribution in [0.2, 0.25) is 19.6 Å². The minimum Gasteiger partial charge on any atom is -0.460 e. The number of ether oxygens (including phenoxy) is 1. The Hall–Kier alpha value is -0.353. The third-order valence-corrected chi connectivity index (χ3v) is 5.65. The van der Waals surface area contributed by atoms with E-state index in [1.54, 1.807) is 0 Å². The van der Waals surface area contributed by atoms with Gasteiger partial charge >= 0.3 is 5.97 Å². The lowest BCUT2D eigenvalue weighted by Crippen LogP contribution is -2.57. The summed E-state index contributed by atoms with van der Waals surface area (Å²) in [6, 6.07) is 0.716. The molecule has 4 heteroatoms. The van der Waals surface area contributed by atoms with E-state index >= 15 is 0 Å². The molecule has 0 amide bonds. The summed E-state index contributed by atoms with van der Waals surface area (Å²) >= 11 is 0. The van der Waals surface area contributed by atoms with Crippen LogP contribution in [0, 0.1) is 5.92 Å². The number of carbonyl (C=O) groups is 1. The van der Waals surface area contributed by atoms with Crippen LogP contribution in [0.3, 0.4) is 0 Å². The Morgan fingerprint density at radius 1 is 1.10 bits per heavy atom. The highest BCUT2D eigenvalue weighted by Crippen LogP contribution is 2.25. The van der Waals surface area contributed by atoms with Gasteiger partial charge in [-0.05, 0) is 32.7 Å². The minimum absolute atomic E-state index is 0.0832. The predicted octanol–water partition coefficient (Wildman–Crippen LogP) is 4.29. The Morgan fingerprint density at radius 3 is 1.80 bits per heavy atom. The van der Waals surface area contributed by atoms with Crippen molar-refractivity contribution in [3.05, 3.63) is 0 Å². The average molecular weight is 302 g/mol. The lowest BCUT2D eigenvalue weighted by Gasteiger charge is -2.45. The highest BCUT2D eigenvalue weighted by Gasteiger charge is 2.36. The standard InChI is InChI=1S/C16H35NO2Si/c1-12(2)14(11-15(18)19-16(5,6)7)17(13(3)4)20(8,9)10/h12-14H,11H2,1-10H3/t14-/m1/s1. The number of rotatable bonds is 6. The van der Waals surface area contributed by atoms with Crippen LogP contribution < -0.4 is 0 Å². The summed E-state index contributed by atoms with van der Waals surface area (Å²) in [6.45, 7) is 21.7. The van der Waals surface area contributed by atoms with E-state index in [4.69, 9.17) is 4.74 Å². The fourth-order valence-electron chi connectivity index (χ4n) is 2.86. The van der Waals surface area contributed by atoms with Gasteiger partial charge in [-0.15, -0.1) is 0 Å². The van der Waals surface area contributed by atoms with Crippen LogP contribution in [0.4, 0.5) is 0 Å². The molecular weight excluding hydrogens is 266 g/mol. The van der Waals surface area contributed by atoms with Gasteiger partial charge in [0.1, 0.15) is 13.8 Å². The van der Waals surface area contributed by atoms with E-state index < -0.39 is 13.8 Å². The molecule has 0 aromatic carbocycles. The molecule has 3 nitrogen and oxygen atoms in total. The van der Waals surface area contributed by atoms with Gasteiger partial charge in [-0.1, -0.05) is 47.3 Å². The van der Waals surface area contributed by atoms with Crippen molar-refractivity contribution in [2.24, 2.45) is 5.92 Å². The van der Waals surface area contributed by atoms with Crippen molar-refractivity contribution < 1.29 is 9.53 Å². The third-order valence-electron chi connectivity index (χ3n) is 3.25. The first-order valence-electron chi connectivity index (χ1n) is 7.76. The van der Waals surface area contributed by atoms with Crippen LogP contribution >= 0.6 is 0 Å². The normalized spacial score (nSPS) is 15.1. The van der Waals surface area contributed by atoms with E-state index in [-0.39, 0.29) is 12.0 Å². The van der Waals surface area contributed by atoms with E-state index in [0.717, 1.165) is 0 Å². The molecule has 0 saturated heterocycles. The molecule has 0 bridgehead atoms. The average Bonchev–Trinajstić information content (AvgIpc) is 2.09. The number of nitrogens with zero attached hydrogens (tertiary/aromatic N) is 1. The van der Waals surface area contributed by atoms with Gasteiger partial charge in [-0.25, -0.2) is 0 Å². The second-order valence-corrected chi connectivity index (χ2v) is 13.1. The molecule has 0 aromatic rings. The van der Waals surface area contributed by atoms with Crippen molar-refractivity contribution >= 4 is 14.2 Å². The molecule has 0 fully saturated rings. The van der Waals surface area contributed by atoms with Crippen LogP contribution in [0.5, 0.6) is 0 Å². The van der Waals surface area contributed by atoms with Gasteiger partial charge in [0, 0.05) is 6.04 Å². The van der Waals surface area contributed by atoms with E-state index in [1.165, 1.54) is 0 Å². The summed E-state index contributed by atoms with van der Waals surface area (Å²) < 4.78 is 8.08. The maximum Gasteiger partial charge on any atom is 0.307 e. The molecule has 0 heterocycles. The zero-order chi connectivity index (χ0) is 16.3. The molecular formula is C16H35NO2Si. The smallest absolute Gasteiger partial charge is 0.307 e. The van der Waals surface area contributed by atoms with Crippen molar-refractivity contribution in [1.82, 2.24) is 4.57 Å². The molecule has 0 aliphatic heterocycles. The molecule has 0 saturated carbocycles.